The summed E-state index contributed by atoms with van der Waals surface area (Å²) in [4.78, 5) is 9.83. The van der Waals surface area contributed by atoms with E-state index in [0.717, 1.165) is 0 Å². The fraction of sp³-hybridized carbons (Fsp3) is 0.333. The molecule has 0 atom stereocenters. The van der Waals surface area contributed by atoms with Crippen LogP contribution in [0.5, 0.6) is 0 Å². The molecule has 0 radical (unpaired) electrons. The zero-order valence-corrected chi connectivity index (χ0v) is 8.88. The van der Waals surface area contributed by atoms with Crippen molar-refractivity contribution in [3.05, 3.63) is 38.9 Å². The first-order valence-electron chi connectivity index (χ1n) is 4.42. The molecule has 0 amide bonds. The van der Waals surface area contributed by atoms with Crippen LogP contribution >= 0.6 is 11.6 Å². The van der Waals surface area contributed by atoms with Crippen molar-refractivity contribution in [3.8, 4) is 0 Å². The zero-order valence-electron chi connectivity index (χ0n) is 8.12. The van der Waals surface area contributed by atoms with Gasteiger partial charge in [0.1, 0.15) is 0 Å². The molecule has 0 fully saturated rings. The smallest absolute Gasteiger partial charge is 0.270 e. The Labute approximate surface area is 95.4 Å². The molecule has 0 aliphatic heterocycles. The Morgan fingerprint density at radius 1 is 1.50 bits per heavy atom. The standard InChI is InChI=1S/C9H9ClF2N2O2/c10-8-3-7(14(15)16)2-1-6(8)4-13-5-9(11)12/h1-3,9,13H,4-5H2. The predicted octanol–water partition coefficient (Wildman–Crippen LogP) is 2.60. The van der Waals surface area contributed by atoms with Crippen LogP contribution in [0.4, 0.5) is 14.5 Å². The Hall–Kier alpha value is -1.27. The SMILES string of the molecule is O=[N+]([O-])c1ccc(CNCC(F)F)c(Cl)c1. The molecule has 0 saturated carbocycles. The van der Waals surface area contributed by atoms with Crippen LogP contribution < -0.4 is 5.32 Å². The number of nitrogens with zero attached hydrogens (tertiary/aromatic N) is 1. The van der Waals surface area contributed by atoms with Gasteiger partial charge in [0.05, 0.1) is 16.5 Å². The van der Waals surface area contributed by atoms with Gasteiger partial charge in [-0.25, -0.2) is 8.78 Å². The summed E-state index contributed by atoms with van der Waals surface area (Å²) in [6.45, 7) is -0.283. The van der Waals surface area contributed by atoms with Crippen molar-refractivity contribution >= 4 is 17.3 Å². The summed E-state index contributed by atoms with van der Waals surface area (Å²) < 4.78 is 23.6. The van der Waals surface area contributed by atoms with Crippen LogP contribution in [0, 0.1) is 10.1 Å². The summed E-state index contributed by atoms with van der Waals surface area (Å²) in [7, 11) is 0. The highest BCUT2D eigenvalue weighted by molar-refractivity contribution is 6.31. The highest BCUT2D eigenvalue weighted by atomic mass is 35.5. The molecule has 0 aliphatic rings. The monoisotopic (exact) mass is 250 g/mol. The van der Waals surface area contributed by atoms with Crippen LogP contribution in [0.15, 0.2) is 18.2 Å². The van der Waals surface area contributed by atoms with Gasteiger partial charge in [-0.1, -0.05) is 11.6 Å². The minimum absolute atomic E-state index is 0.123. The summed E-state index contributed by atoms with van der Waals surface area (Å²) >= 11 is 5.76. The molecule has 0 aromatic heterocycles. The van der Waals surface area contributed by atoms with Crippen molar-refractivity contribution in [1.82, 2.24) is 5.32 Å². The van der Waals surface area contributed by atoms with Gasteiger partial charge in [0.15, 0.2) is 0 Å². The fourth-order valence-electron chi connectivity index (χ4n) is 1.11. The fourth-order valence-corrected chi connectivity index (χ4v) is 1.35. The highest BCUT2D eigenvalue weighted by Crippen LogP contribution is 2.22. The maximum atomic E-state index is 11.8. The molecular formula is C9H9ClF2N2O2. The van der Waals surface area contributed by atoms with E-state index in [1.165, 1.54) is 18.2 Å². The van der Waals surface area contributed by atoms with Gasteiger partial charge in [-0.15, -0.1) is 0 Å². The van der Waals surface area contributed by atoms with Crippen molar-refractivity contribution < 1.29 is 13.7 Å². The third-order valence-electron chi connectivity index (χ3n) is 1.86. The second kappa shape index (κ2) is 5.72. The summed E-state index contributed by atoms with van der Waals surface area (Å²) in [6, 6.07) is 3.92. The van der Waals surface area contributed by atoms with Gasteiger partial charge in [-0.05, 0) is 11.6 Å². The molecule has 0 bridgehead atoms. The number of nitro groups is 1. The molecule has 0 saturated heterocycles. The van der Waals surface area contributed by atoms with Crippen LogP contribution in [0.3, 0.4) is 0 Å². The first-order chi connectivity index (χ1) is 7.50. The lowest BCUT2D eigenvalue weighted by Gasteiger charge is -2.05. The topological polar surface area (TPSA) is 55.2 Å². The van der Waals surface area contributed by atoms with Gasteiger partial charge in [0, 0.05) is 18.7 Å². The first kappa shape index (κ1) is 12.8. The minimum atomic E-state index is -2.43. The number of benzene rings is 1. The molecule has 1 aromatic carbocycles. The molecular weight excluding hydrogens is 242 g/mol. The number of hydrogen-bond donors (Lipinski definition) is 1. The normalized spacial score (nSPS) is 10.8. The van der Waals surface area contributed by atoms with E-state index in [1.807, 2.05) is 0 Å². The number of nitro benzene ring substituents is 1. The maximum Gasteiger partial charge on any atom is 0.270 e. The third-order valence-corrected chi connectivity index (χ3v) is 2.21. The molecule has 0 spiro atoms. The first-order valence-corrected chi connectivity index (χ1v) is 4.80. The van der Waals surface area contributed by atoms with Crippen molar-refractivity contribution in [2.24, 2.45) is 0 Å². The minimum Gasteiger partial charge on any atom is -0.307 e. The third kappa shape index (κ3) is 3.71. The largest absolute Gasteiger partial charge is 0.307 e. The number of hydrogen-bond acceptors (Lipinski definition) is 3. The van der Waals surface area contributed by atoms with Crippen LogP contribution in [0.2, 0.25) is 5.02 Å². The number of non-ortho nitro benzene ring substituents is 1. The van der Waals surface area contributed by atoms with Crippen LogP contribution in [0.1, 0.15) is 5.56 Å². The van der Waals surface area contributed by atoms with Crippen LogP contribution in [-0.4, -0.2) is 17.9 Å². The second-order valence-electron chi connectivity index (χ2n) is 3.05. The van der Waals surface area contributed by atoms with Gasteiger partial charge in [0.25, 0.3) is 12.1 Å². The number of halogens is 3. The number of nitrogens with one attached hydrogen (secondary N) is 1. The summed E-state index contributed by atoms with van der Waals surface area (Å²) in [5.74, 6) is 0. The average molecular weight is 251 g/mol. The van der Waals surface area contributed by atoms with E-state index in [-0.39, 0.29) is 17.3 Å². The maximum absolute atomic E-state index is 11.8. The van der Waals surface area contributed by atoms with E-state index in [0.29, 0.717) is 5.56 Å². The molecule has 0 heterocycles. The number of rotatable bonds is 5. The van der Waals surface area contributed by atoms with E-state index >= 15 is 0 Å². The van der Waals surface area contributed by atoms with Gasteiger partial charge in [-0.2, -0.15) is 0 Å². The second-order valence-corrected chi connectivity index (χ2v) is 3.46. The Morgan fingerprint density at radius 2 is 2.19 bits per heavy atom. The lowest BCUT2D eigenvalue weighted by Crippen LogP contribution is -2.20. The zero-order chi connectivity index (χ0) is 12.1. The molecule has 7 heteroatoms. The van der Waals surface area contributed by atoms with Crippen molar-refractivity contribution in [2.45, 2.75) is 13.0 Å². The number of alkyl halides is 2. The summed E-state index contributed by atoms with van der Waals surface area (Å²) in [5, 5.41) is 13.1. The molecule has 1 aromatic rings. The van der Waals surface area contributed by atoms with Crippen LogP contribution in [0.25, 0.3) is 0 Å². The van der Waals surface area contributed by atoms with Gasteiger partial charge in [0.2, 0.25) is 0 Å². The predicted molar refractivity (Wildman–Crippen MR) is 55.8 cm³/mol. The van der Waals surface area contributed by atoms with E-state index in [9.17, 15) is 18.9 Å². The van der Waals surface area contributed by atoms with E-state index in [2.05, 4.69) is 5.32 Å². The highest BCUT2D eigenvalue weighted by Gasteiger charge is 2.09. The van der Waals surface area contributed by atoms with E-state index in [1.54, 1.807) is 0 Å². The quantitative estimate of drug-likeness (QED) is 0.646. The van der Waals surface area contributed by atoms with Crippen LogP contribution in [-0.2, 0) is 6.54 Å². The summed E-state index contributed by atoms with van der Waals surface area (Å²) in [6.07, 6.45) is -2.43. The van der Waals surface area contributed by atoms with Gasteiger partial charge in [-0.3, -0.25) is 10.1 Å². The van der Waals surface area contributed by atoms with Gasteiger partial charge < -0.3 is 5.32 Å². The van der Waals surface area contributed by atoms with Gasteiger partial charge >= 0.3 is 0 Å². The Kier molecular flexibility index (Phi) is 4.57. The van der Waals surface area contributed by atoms with Crippen molar-refractivity contribution in [1.29, 1.82) is 0 Å². The lowest BCUT2D eigenvalue weighted by molar-refractivity contribution is -0.384. The Morgan fingerprint density at radius 3 is 2.69 bits per heavy atom. The Balaban J connectivity index is 2.64. The van der Waals surface area contributed by atoms with Crippen molar-refractivity contribution in [2.75, 3.05) is 6.54 Å². The summed E-state index contributed by atoms with van der Waals surface area (Å²) in [5.41, 5.74) is 0.426. The van der Waals surface area contributed by atoms with E-state index in [4.69, 9.17) is 11.6 Å². The molecule has 1 N–H and O–H groups in total. The molecule has 1 rings (SSSR count). The molecule has 16 heavy (non-hydrogen) atoms. The lowest BCUT2D eigenvalue weighted by atomic mass is 10.2. The van der Waals surface area contributed by atoms with E-state index < -0.39 is 17.9 Å². The average Bonchev–Trinajstić information content (AvgIpc) is 2.19. The molecule has 0 unspecified atom stereocenters. The molecule has 0 aliphatic carbocycles. The molecule has 4 nitrogen and oxygen atoms in total. The Bertz CT molecular complexity index is 388. The van der Waals surface area contributed by atoms with Crippen molar-refractivity contribution in [3.63, 3.8) is 0 Å². The molecule has 88 valence electrons.